The molecule has 0 fully saturated rings. The molecule has 0 aromatic carbocycles. The van der Waals surface area contributed by atoms with Crippen molar-refractivity contribution in [3.8, 4) is 0 Å². The molecular formula is C9H16N4. The molecule has 2 heterocycles. The summed E-state index contributed by atoms with van der Waals surface area (Å²) in [7, 11) is 0. The lowest BCUT2D eigenvalue weighted by molar-refractivity contribution is 0.401. The van der Waals surface area contributed by atoms with E-state index in [-0.39, 0.29) is 0 Å². The standard InChI is InChI=1S/C9H16N4/c1-6-4-7-5-11-13-9(7)8(12-6)2-3-10/h5-6,8,12H,2-4,10H2,1H3,(H,11,13). The van der Waals surface area contributed by atoms with Gasteiger partial charge in [-0.1, -0.05) is 0 Å². The summed E-state index contributed by atoms with van der Waals surface area (Å²) >= 11 is 0. The van der Waals surface area contributed by atoms with Crippen molar-refractivity contribution in [2.45, 2.75) is 31.8 Å². The van der Waals surface area contributed by atoms with Crippen LogP contribution in [0.15, 0.2) is 6.20 Å². The van der Waals surface area contributed by atoms with E-state index in [2.05, 4.69) is 22.4 Å². The van der Waals surface area contributed by atoms with E-state index in [9.17, 15) is 0 Å². The zero-order valence-corrected chi connectivity index (χ0v) is 7.88. The number of nitrogens with one attached hydrogen (secondary N) is 2. The summed E-state index contributed by atoms with van der Waals surface area (Å²) in [6.07, 6.45) is 3.96. The van der Waals surface area contributed by atoms with Crippen molar-refractivity contribution in [1.29, 1.82) is 0 Å². The maximum atomic E-state index is 5.56. The number of nitrogens with two attached hydrogens (primary N) is 1. The highest BCUT2D eigenvalue weighted by Gasteiger charge is 2.24. The molecule has 0 amide bonds. The van der Waals surface area contributed by atoms with Crippen LogP contribution in [0.1, 0.15) is 30.6 Å². The van der Waals surface area contributed by atoms with Crippen molar-refractivity contribution in [3.05, 3.63) is 17.5 Å². The molecule has 13 heavy (non-hydrogen) atoms. The molecule has 2 atom stereocenters. The first kappa shape index (κ1) is 8.72. The summed E-state index contributed by atoms with van der Waals surface area (Å²) in [4.78, 5) is 0. The van der Waals surface area contributed by atoms with Crippen LogP contribution in [-0.2, 0) is 6.42 Å². The predicted octanol–water partition coefficient (Wildman–Crippen LogP) is 0.334. The maximum Gasteiger partial charge on any atom is 0.0554 e. The number of aromatic nitrogens is 2. The van der Waals surface area contributed by atoms with Gasteiger partial charge in [0.1, 0.15) is 0 Å². The molecule has 0 aliphatic carbocycles. The Labute approximate surface area is 77.9 Å². The van der Waals surface area contributed by atoms with Crippen molar-refractivity contribution in [3.63, 3.8) is 0 Å². The number of rotatable bonds is 2. The minimum absolute atomic E-state index is 0.367. The van der Waals surface area contributed by atoms with E-state index < -0.39 is 0 Å². The molecule has 0 spiro atoms. The van der Waals surface area contributed by atoms with Crippen molar-refractivity contribution in [1.82, 2.24) is 15.5 Å². The van der Waals surface area contributed by atoms with Crippen LogP contribution in [0.3, 0.4) is 0 Å². The van der Waals surface area contributed by atoms with Crippen molar-refractivity contribution >= 4 is 0 Å². The first-order valence-corrected chi connectivity index (χ1v) is 4.79. The summed E-state index contributed by atoms with van der Waals surface area (Å²) in [6, 6.07) is 0.896. The van der Waals surface area contributed by atoms with E-state index in [1.807, 2.05) is 6.20 Å². The topological polar surface area (TPSA) is 66.7 Å². The lowest BCUT2D eigenvalue weighted by atomic mass is 9.96. The first-order valence-electron chi connectivity index (χ1n) is 4.79. The number of hydrogen-bond acceptors (Lipinski definition) is 3. The van der Waals surface area contributed by atoms with Gasteiger partial charge in [0.15, 0.2) is 0 Å². The molecule has 0 bridgehead atoms. The number of H-pyrrole nitrogens is 1. The van der Waals surface area contributed by atoms with Crippen LogP contribution in [0.25, 0.3) is 0 Å². The molecule has 2 rings (SSSR count). The zero-order chi connectivity index (χ0) is 9.26. The average molecular weight is 180 g/mol. The van der Waals surface area contributed by atoms with Crippen LogP contribution in [0.2, 0.25) is 0 Å². The molecule has 4 nitrogen and oxygen atoms in total. The highest BCUT2D eigenvalue weighted by Crippen LogP contribution is 2.24. The quantitative estimate of drug-likeness (QED) is 0.614. The van der Waals surface area contributed by atoms with Gasteiger partial charge in [0.05, 0.1) is 17.9 Å². The molecule has 4 N–H and O–H groups in total. The van der Waals surface area contributed by atoms with E-state index >= 15 is 0 Å². The van der Waals surface area contributed by atoms with E-state index in [1.54, 1.807) is 0 Å². The third-order valence-electron chi connectivity index (χ3n) is 2.57. The Morgan fingerprint density at radius 2 is 2.54 bits per heavy atom. The highest BCUT2D eigenvalue weighted by atomic mass is 15.1. The third-order valence-corrected chi connectivity index (χ3v) is 2.57. The molecule has 0 saturated carbocycles. The van der Waals surface area contributed by atoms with Crippen LogP contribution in [0.5, 0.6) is 0 Å². The van der Waals surface area contributed by atoms with Gasteiger partial charge < -0.3 is 11.1 Å². The second-order valence-electron chi connectivity index (χ2n) is 3.71. The van der Waals surface area contributed by atoms with Gasteiger partial charge in [-0.3, -0.25) is 5.10 Å². The maximum absolute atomic E-state index is 5.56. The molecule has 1 aromatic heterocycles. The summed E-state index contributed by atoms with van der Waals surface area (Å²) in [5.41, 5.74) is 8.12. The zero-order valence-electron chi connectivity index (χ0n) is 7.88. The number of hydrogen-bond donors (Lipinski definition) is 3. The molecule has 1 aliphatic heterocycles. The van der Waals surface area contributed by atoms with Gasteiger partial charge in [-0.05, 0) is 31.9 Å². The minimum atomic E-state index is 0.367. The summed E-state index contributed by atoms with van der Waals surface area (Å²) in [6.45, 7) is 2.91. The summed E-state index contributed by atoms with van der Waals surface area (Å²) in [5.74, 6) is 0. The van der Waals surface area contributed by atoms with E-state index in [0.717, 1.165) is 12.8 Å². The fourth-order valence-electron chi connectivity index (χ4n) is 2.00. The highest BCUT2D eigenvalue weighted by molar-refractivity contribution is 5.24. The van der Waals surface area contributed by atoms with Crippen LogP contribution in [0.4, 0.5) is 0 Å². The van der Waals surface area contributed by atoms with Crippen LogP contribution >= 0.6 is 0 Å². The summed E-state index contributed by atoms with van der Waals surface area (Å²) < 4.78 is 0. The second kappa shape index (κ2) is 3.47. The van der Waals surface area contributed by atoms with E-state index in [0.29, 0.717) is 18.6 Å². The average Bonchev–Trinajstić information content (AvgIpc) is 2.52. The van der Waals surface area contributed by atoms with Gasteiger partial charge in [-0.15, -0.1) is 0 Å². The smallest absolute Gasteiger partial charge is 0.0554 e. The Bertz CT molecular complexity index is 281. The van der Waals surface area contributed by atoms with Crippen molar-refractivity contribution in [2.75, 3.05) is 6.54 Å². The van der Waals surface area contributed by atoms with Crippen LogP contribution < -0.4 is 11.1 Å². The van der Waals surface area contributed by atoms with Crippen LogP contribution in [0, 0.1) is 0 Å². The first-order chi connectivity index (χ1) is 6.31. The molecule has 0 saturated heterocycles. The monoisotopic (exact) mass is 180 g/mol. The largest absolute Gasteiger partial charge is 0.330 e. The molecule has 0 radical (unpaired) electrons. The number of fused-ring (bicyclic) bond motifs is 1. The summed E-state index contributed by atoms with van der Waals surface area (Å²) in [5, 5.41) is 10.6. The Morgan fingerprint density at radius 1 is 1.69 bits per heavy atom. The van der Waals surface area contributed by atoms with Crippen molar-refractivity contribution in [2.24, 2.45) is 5.73 Å². The molecule has 2 unspecified atom stereocenters. The van der Waals surface area contributed by atoms with E-state index in [4.69, 9.17) is 5.73 Å². The van der Waals surface area contributed by atoms with Gasteiger partial charge >= 0.3 is 0 Å². The Morgan fingerprint density at radius 3 is 3.31 bits per heavy atom. The van der Waals surface area contributed by atoms with Gasteiger partial charge in [0, 0.05) is 6.04 Å². The van der Waals surface area contributed by atoms with Gasteiger partial charge in [-0.2, -0.15) is 5.10 Å². The number of nitrogens with zero attached hydrogens (tertiary/aromatic N) is 1. The SMILES string of the molecule is CC1Cc2cn[nH]c2C(CCN)N1. The fraction of sp³-hybridized carbons (Fsp3) is 0.667. The Kier molecular flexibility index (Phi) is 2.33. The molecule has 4 heteroatoms. The Hall–Kier alpha value is -0.870. The van der Waals surface area contributed by atoms with Gasteiger partial charge in [-0.25, -0.2) is 0 Å². The third kappa shape index (κ3) is 1.59. The Balaban J connectivity index is 2.22. The van der Waals surface area contributed by atoms with E-state index in [1.165, 1.54) is 11.3 Å². The normalized spacial score (nSPS) is 27.2. The number of aromatic amines is 1. The van der Waals surface area contributed by atoms with Crippen LogP contribution in [-0.4, -0.2) is 22.8 Å². The molecule has 1 aliphatic rings. The predicted molar refractivity (Wildman–Crippen MR) is 51.3 cm³/mol. The molecular weight excluding hydrogens is 164 g/mol. The minimum Gasteiger partial charge on any atom is -0.330 e. The lowest BCUT2D eigenvalue weighted by Gasteiger charge is -2.28. The fourth-order valence-corrected chi connectivity index (χ4v) is 2.00. The van der Waals surface area contributed by atoms with Gasteiger partial charge in [0.2, 0.25) is 0 Å². The lowest BCUT2D eigenvalue weighted by Crippen LogP contribution is -2.38. The molecule has 1 aromatic rings. The molecule has 72 valence electrons. The van der Waals surface area contributed by atoms with Crippen molar-refractivity contribution < 1.29 is 0 Å². The second-order valence-corrected chi connectivity index (χ2v) is 3.71. The van der Waals surface area contributed by atoms with Gasteiger partial charge in [0.25, 0.3) is 0 Å².